The van der Waals surface area contributed by atoms with Gasteiger partial charge < -0.3 is 10.1 Å². The molecule has 0 aromatic heterocycles. The molecule has 1 unspecified atom stereocenters. The van der Waals surface area contributed by atoms with Gasteiger partial charge in [-0.15, -0.1) is 0 Å². The predicted molar refractivity (Wildman–Crippen MR) is 91.1 cm³/mol. The molecule has 0 radical (unpaired) electrons. The van der Waals surface area contributed by atoms with Crippen LogP contribution in [0.25, 0.3) is 0 Å². The van der Waals surface area contributed by atoms with Gasteiger partial charge in [0.2, 0.25) is 5.91 Å². The lowest BCUT2D eigenvalue weighted by molar-refractivity contribution is -0.127. The van der Waals surface area contributed by atoms with Crippen molar-refractivity contribution in [3.8, 4) is 6.07 Å². The summed E-state index contributed by atoms with van der Waals surface area (Å²) in [6, 6.07) is 9.89. The SMILES string of the molecule is N#Cc1ccc(CN2CCC(C(=O)NCC3CCCO3)CC2)cc1. The molecule has 1 aromatic rings. The van der Waals surface area contributed by atoms with Gasteiger partial charge in [0.15, 0.2) is 0 Å². The maximum atomic E-state index is 12.3. The van der Waals surface area contributed by atoms with Crippen molar-refractivity contribution < 1.29 is 9.53 Å². The zero-order valence-electron chi connectivity index (χ0n) is 14.0. The normalized spacial score (nSPS) is 22.2. The molecular weight excluding hydrogens is 302 g/mol. The van der Waals surface area contributed by atoms with Gasteiger partial charge in [0.1, 0.15) is 0 Å². The van der Waals surface area contributed by atoms with Crippen LogP contribution in [0, 0.1) is 17.2 Å². The van der Waals surface area contributed by atoms with E-state index in [0.29, 0.717) is 12.1 Å². The van der Waals surface area contributed by atoms with Gasteiger partial charge in [0.05, 0.1) is 17.7 Å². The molecule has 24 heavy (non-hydrogen) atoms. The average molecular weight is 327 g/mol. The number of carbonyl (C=O) groups excluding carboxylic acids is 1. The lowest BCUT2D eigenvalue weighted by Crippen LogP contribution is -2.42. The lowest BCUT2D eigenvalue weighted by Gasteiger charge is -2.31. The third kappa shape index (κ3) is 4.56. The van der Waals surface area contributed by atoms with E-state index in [1.807, 2.05) is 24.3 Å². The van der Waals surface area contributed by atoms with Gasteiger partial charge in [-0.3, -0.25) is 9.69 Å². The van der Waals surface area contributed by atoms with Crippen molar-refractivity contribution in [1.29, 1.82) is 5.26 Å². The van der Waals surface area contributed by atoms with Crippen LogP contribution in [0.1, 0.15) is 36.8 Å². The number of hydrogen-bond acceptors (Lipinski definition) is 4. The molecule has 5 nitrogen and oxygen atoms in total. The highest BCUT2D eigenvalue weighted by atomic mass is 16.5. The molecule has 2 heterocycles. The Labute approximate surface area is 143 Å². The second-order valence-electron chi connectivity index (χ2n) is 6.74. The highest BCUT2D eigenvalue weighted by Gasteiger charge is 2.26. The minimum Gasteiger partial charge on any atom is -0.376 e. The Morgan fingerprint density at radius 3 is 2.62 bits per heavy atom. The van der Waals surface area contributed by atoms with Gasteiger partial charge in [-0.2, -0.15) is 5.26 Å². The van der Waals surface area contributed by atoms with Crippen molar-refractivity contribution in [3.63, 3.8) is 0 Å². The summed E-state index contributed by atoms with van der Waals surface area (Å²) in [5, 5.41) is 11.9. The Morgan fingerprint density at radius 1 is 1.25 bits per heavy atom. The van der Waals surface area contributed by atoms with Crippen LogP contribution >= 0.6 is 0 Å². The quantitative estimate of drug-likeness (QED) is 0.899. The zero-order valence-corrected chi connectivity index (χ0v) is 14.0. The molecule has 0 bridgehead atoms. The fraction of sp³-hybridized carbons (Fsp3) is 0.579. The maximum absolute atomic E-state index is 12.3. The molecule has 1 N–H and O–H groups in total. The first-order chi connectivity index (χ1) is 11.7. The average Bonchev–Trinajstić information content (AvgIpc) is 3.14. The lowest BCUT2D eigenvalue weighted by atomic mass is 9.95. The van der Waals surface area contributed by atoms with E-state index >= 15 is 0 Å². The first-order valence-corrected chi connectivity index (χ1v) is 8.85. The summed E-state index contributed by atoms with van der Waals surface area (Å²) >= 11 is 0. The number of likely N-dealkylation sites (tertiary alicyclic amines) is 1. The molecule has 2 aliphatic rings. The van der Waals surface area contributed by atoms with E-state index in [2.05, 4.69) is 16.3 Å². The number of hydrogen-bond donors (Lipinski definition) is 1. The molecule has 2 aliphatic heterocycles. The van der Waals surface area contributed by atoms with Crippen molar-refractivity contribution in [2.45, 2.75) is 38.3 Å². The van der Waals surface area contributed by atoms with Crippen molar-refractivity contribution in [3.05, 3.63) is 35.4 Å². The van der Waals surface area contributed by atoms with E-state index in [1.165, 1.54) is 5.56 Å². The second-order valence-corrected chi connectivity index (χ2v) is 6.74. The number of nitrogens with one attached hydrogen (secondary N) is 1. The van der Waals surface area contributed by atoms with Crippen LogP contribution < -0.4 is 5.32 Å². The van der Waals surface area contributed by atoms with E-state index in [0.717, 1.165) is 51.9 Å². The molecule has 128 valence electrons. The summed E-state index contributed by atoms with van der Waals surface area (Å²) < 4.78 is 5.55. The molecule has 1 atom stereocenters. The number of amides is 1. The summed E-state index contributed by atoms with van der Waals surface area (Å²) in [6.45, 7) is 4.25. The molecule has 0 spiro atoms. The smallest absolute Gasteiger partial charge is 0.223 e. The van der Waals surface area contributed by atoms with Crippen molar-refractivity contribution in [2.75, 3.05) is 26.2 Å². The summed E-state index contributed by atoms with van der Waals surface area (Å²) in [5.41, 5.74) is 1.91. The number of ether oxygens (including phenoxy) is 1. The highest BCUT2D eigenvalue weighted by Crippen LogP contribution is 2.20. The molecule has 2 fully saturated rings. The fourth-order valence-corrected chi connectivity index (χ4v) is 3.46. The minimum atomic E-state index is 0.128. The Morgan fingerprint density at radius 2 is 2.00 bits per heavy atom. The first-order valence-electron chi connectivity index (χ1n) is 8.85. The van der Waals surface area contributed by atoms with Gasteiger partial charge >= 0.3 is 0 Å². The molecule has 0 saturated carbocycles. The number of nitrogens with zero attached hydrogens (tertiary/aromatic N) is 2. The number of benzene rings is 1. The van der Waals surface area contributed by atoms with Crippen LogP contribution in [-0.4, -0.2) is 43.2 Å². The van der Waals surface area contributed by atoms with Crippen molar-refractivity contribution in [1.82, 2.24) is 10.2 Å². The van der Waals surface area contributed by atoms with Gasteiger partial charge in [-0.1, -0.05) is 12.1 Å². The zero-order chi connectivity index (χ0) is 16.8. The highest BCUT2D eigenvalue weighted by molar-refractivity contribution is 5.78. The molecular formula is C19H25N3O2. The standard InChI is InChI=1S/C19H25N3O2/c20-12-15-3-5-16(6-4-15)14-22-9-7-17(8-10-22)19(23)21-13-18-2-1-11-24-18/h3-6,17-18H,1-2,7-11,13-14H2,(H,21,23). The molecule has 1 aromatic carbocycles. The van der Waals surface area contributed by atoms with Gasteiger partial charge in [0, 0.05) is 25.6 Å². The van der Waals surface area contributed by atoms with Crippen LogP contribution in [0.2, 0.25) is 0 Å². The molecule has 0 aliphatic carbocycles. The van der Waals surface area contributed by atoms with E-state index in [4.69, 9.17) is 10.00 Å². The first kappa shape index (κ1) is 16.9. The largest absolute Gasteiger partial charge is 0.376 e. The third-order valence-electron chi connectivity index (χ3n) is 4.98. The fourth-order valence-electron chi connectivity index (χ4n) is 3.46. The molecule has 5 heteroatoms. The number of carbonyl (C=O) groups is 1. The Balaban J connectivity index is 1.39. The van der Waals surface area contributed by atoms with Crippen LogP contribution in [0.5, 0.6) is 0 Å². The number of piperidine rings is 1. The monoisotopic (exact) mass is 327 g/mol. The predicted octanol–water partition coefficient (Wildman–Crippen LogP) is 2.07. The Kier molecular flexibility index (Phi) is 5.84. The van der Waals surface area contributed by atoms with E-state index in [9.17, 15) is 4.79 Å². The van der Waals surface area contributed by atoms with E-state index in [1.54, 1.807) is 0 Å². The molecule has 3 rings (SSSR count). The van der Waals surface area contributed by atoms with Crippen LogP contribution in [-0.2, 0) is 16.1 Å². The molecule has 2 saturated heterocycles. The van der Waals surface area contributed by atoms with Crippen LogP contribution in [0.4, 0.5) is 0 Å². The topological polar surface area (TPSA) is 65.4 Å². The van der Waals surface area contributed by atoms with E-state index < -0.39 is 0 Å². The van der Waals surface area contributed by atoms with E-state index in [-0.39, 0.29) is 17.9 Å². The summed E-state index contributed by atoms with van der Waals surface area (Å²) in [6.07, 6.45) is 4.20. The van der Waals surface area contributed by atoms with Crippen molar-refractivity contribution in [2.24, 2.45) is 5.92 Å². The maximum Gasteiger partial charge on any atom is 0.223 e. The minimum absolute atomic E-state index is 0.128. The number of nitriles is 1. The van der Waals surface area contributed by atoms with Crippen LogP contribution in [0.3, 0.4) is 0 Å². The Hall–Kier alpha value is -1.90. The second kappa shape index (κ2) is 8.27. The number of rotatable bonds is 5. The summed E-state index contributed by atoms with van der Waals surface area (Å²) in [5.74, 6) is 0.312. The van der Waals surface area contributed by atoms with Crippen LogP contribution in [0.15, 0.2) is 24.3 Å². The van der Waals surface area contributed by atoms with Gasteiger partial charge in [-0.25, -0.2) is 0 Å². The Bertz CT molecular complexity index is 580. The van der Waals surface area contributed by atoms with Crippen molar-refractivity contribution >= 4 is 5.91 Å². The summed E-state index contributed by atoms with van der Waals surface area (Å²) in [4.78, 5) is 14.7. The van der Waals surface area contributed by atoms with Gasteiger partial charge in [0.25, 0.3) is 0 Å². The van der Waals surface area contributed by atoms with Gasteiger partial charge in [-0.05, 0) is 56.5 Å². The molecule has 1 amide bonds. The third-order valence-corrected chi connectivity index (χ3v) is 4.98. The summed E-state index contributed by atoms with van der Waals surface area (Å²) in [7, 11) is 0.